The Balaban J connectivity index is 2.03. The van der Waals surface area contributed by atoms with Crippen LogP contribution in [0.15, 0.2) is 54.6 Å². The summed E-state index contributed by atoms with van der Waals surface area (Å²) < 4.78 is 42.1. The van der Waals surface area contributed by atoms with Gasteiger partial charge in [-0.2, -0.15) is 13.2 Å². The molecule has 0 radical (unpaired) electrons. The zero-order valence-electron chi connectivity index (χ0n) is 10.7. The van der Waals surface area contributed by atoms with Gasteiger partial charge in [-0.3, -0.25) is 0 Å². The lowest BCUT2D eigenvalue weighted by Crippen LogP contribution is -2.14. The van der Waals surface area contributed by atoms with Crippen LogP contribution in [-0.2, 0) is 0 Å². The zero-order valence-corrected chi connectivity index (χ0v) is 10.7. The molecule has 0 aliphatic heterocycles. The van der Waals surface area contributed by atoms with Gasteiger partial charge in [0.1, 0.15) is 5.75 Å². The Morgan fingerprint density at radius 2 is 1.55 bits per heavy atom. The maximum atomic E-state index is 12.1. The quantitative estimate of drug-likeness (QED) is 0.846. The highest BCUT2D eigenvalue weighted by molar-refractivity contribution is 5.57. The van der Waals surface area contributed by atoms with Crippen LogP contribution in [0.4, 0.5) is 18.9 Å². The SMILES string of the molecule is FC(F)(F)CCNc1ccccc1Oc1ccccc1. The summed E-state index contributed by atoms with van der Waals surface area (Å²) in [7, 11) is 0. The first kappa shape index (κ1) is 14.2. The number of ether oxygens (including phenoxy) is 1. The predicted octanol–water partition coefficient (Wildman–Crippen LogP) is 4.84. The molecule has 0 atom stereocenters. The number of anilines is 1. The second kappa shape index (κ2) is 6.32. The molecule has 1 N–H and O–H groups in total. The van der Waals surface area contributed by atoms with Crippen molar-refractivity contribution in [3.8, 4) is 11.5 Å². The first-order chi connectivity index (χ1) is 9.54. The standard InChI is InChI=1S/C15H14F3NO/c16-15(17,18)10-11-19-13-8-4-5-9-14(13)20-12-6-2-1-3-7-12/h1-9,19H,10-11H2. The molecule has 20 heavy (non-hydrogen) atoms. The summed E-state index contributed by atoms with van der Waals surface area (Å²) in [6, 6.07) is 16.0. The van der Waals surface area contributed by atoms with Gasteiger partial charge in [0.15, 0.2) is 5.75 Å². The van der Waals surface area contributed by atoms with Gasteiger partial charge in [-0.15, -0.1) is 0 Å². The number of hydrogen-bond acceptors (Lipinski definition) is 2. The van der Waals surface area contributed by atoms with Crippen LogP contribution < -0.4 is 10.1 Å². The minimum absolute atomic E-state index is 0.182. The average molecular weight is 281 g/mol. The van der Waals surface area contributed by atoms with Crippen LogP contribution in [0.5, 0.6) is 11.5 Å². The maximum Gasteiger partial charge on any atom is 0.390 e. The van der Waals surface area contributed by atoms with E-state index in [1.807, 2.05) is 18.2 Å². The summed E-state index contributed by atoms with van der Waals surface area (Å²) in [6.07, 6.45) is -5.05. The molecule has 2 aromatic rings. The molecule has 0 bridgehead atoms. The van der Waals surface area contributed by atoms with E-state index in [0.29, 0.717) is 17.2 Å². The summed E-state index contributed by atoms with van der Waals surface area (Å²) in [5.74, 6) is 1.14. The van der Waals surface area contributed by atoms with E-state index < -0.39 is 12.6 Å². The Bertz CT molecular complexity index is 540. The molecular weight excluding hydrogens is 267 g/mol. The Kier molecular flexibility index (Phi) is 4.50. The van der Waals surface area contributed by atoms with Gasteiger partial charge in [0.2, 0.25) is 0 Å². The lowest BCUT2D eigenvalue weighted by atomic mass is 10.2. The van der Waals surface area contributed by atoms with Crippen molar-refractivity contribution in [3.63, 3.8) is 0 Å². The number of para-hydroxylation sites is 3. The van der Waals surface area contributed by atoms with Crippen molar-refractivity contribution < 1.29 is 17.9 Å². The van der Waals surface area contributed by atoms with E-state index in [9.17, 15) is 13.2 Å². The Morgan fingerprint density at radius 1 is 0.900 bits per heavy atom. The molecule has 0 heterocycles. The van der Waals surface area contributed by atoms with E-state index in [1.165, 1.54) is 0 Å². The molecule has 0 saturated carbocycles. The highest BCUT2D eigenvalue weighted by atomic mass is 19.4. The molecule has 5 heteroatoms. The summed E-state index contributed by atoms with van der Waals surface area (Å²) in [4.78, 5) is 0. The number of hydrogen-bond donors (Lipinski definition) is 1. The molecule has 2 nitrogen and oxygen atoms in total. The van der Waals surface area contributed by atoms with Gasteiger partial charge < -0.3 is 10.1 Å². The van der Waals surface area contributed by atoms with E-state index in [2.05, 4.69) is 5.32 Å². The van der Waals surface area contributed by atoms with Crippen molar-refractivity contribution in [1.29, 1.82) is 0 Å². The number of halogens is 3. The van der Waals surface area contributed by atoms with Crippen molar-refractivity contribution in [1.82, 2.24) is 0 Å². The van der Waals surface area contributed by atoms with Gasteiger partial charge in [0.05, 0.1) is 12.1 Å². The third-order valence-corrected chi connectivity index (χ3v) is 2.58. The van der Waals surface area contributed by atoms with Crippen molar-refractivity contribution in [2.45, 2.75) is 12.6 Å². The van der Waals surface area contributed by atoms with E-state index >= 15 is 0 Å². The molecule has 0 saturated heterocycles. The van der Waals surface area contributed by atoms with Gasteiger partial charge >= 0.3 is 6.18 Å². The molecule has 0 amide bonds. The van der Waals surface area contributed by atoms with Crippen LogP contribution in [-0.4, -0.2) is 12.7 Å². The molecule has 106 valence electrons. The first-order valence-electron chi connectivity index (χ1n) is 6.17. The molecule has 2 aromatic carbocycles. The highest BCUT2D eigenvalue weighted by Crippen LogP contribution is 2.29. The van der Waals surface area contributed by atoms with E-state index in [0.717, 1.165) is 0 Å². The molecule has 0 aliphatic carbocycles. The van der Waals surface area contributed by atoms with Crippen molar-refractivity contribution >= 4 is 5.69 Å². The van der Waals surface area contributed by atoms with Crippen LogP contribution in [0.1, 0.15) is 6.42 Å². The molecule has 0 unspecified atom stereocenters. The lowest BCUT2D eigenvalue weighted by Gasteiger charge is -2.13. The number of alkyl halides is 3. The van der Waals surface area contributed by atoms with E-state index in [-0.39, 0.29) is 6.54 Å². The topological polar surface area (TPSA) is 21.3 Å². The number of benzene rings is 2. The smallest absolute Gasteiger partial charge is 0.390 e. The summed E-state index contributed by atoms with van der Waals surface area (Å²) in [6.45, 7) is -0.182. The van der Waals surface area contributed by atoms with Crippen molar-refractivity contribution in [3.05, 3.63) is 54.6 Å². The molecule has 0 aliphatic rings. The highest BCUT2D eigenvalue weighted by Gasteiger charge is 2.26. The Hall–Kier alpha value is -2.17. The molecular formula is C15H14F3NO. The van der Waals surface area contributed by atoms with Gasteiger partial charge in [-0.05, 0) is 24.3 Å². The number of nitrogens with one attached hydrogen (secondary N) is 1. The van der Waals surface area contributed by atoms with Gasteiger partial charge in [-0.25, -0.2) is 0 Å². The number of rotatable bonds is 5. The Labute approximate surface area is 115 Å². The molecule has 2 rings (SSSR count). The van der Waals surface area contributed by atoms with Crippen LogP contribution in [0.3, 0.4) is 0 Å². The predicted molar refractivity (Wildman–Crippen MR) is 72.1 cm³/mol. The third-order valence-electron chi connectivity index (χ3n) is 2.58. The van der Waals surface area contributed by atoms with Crippen LogP contribution in [0.25, 0.3) is 0 Å². The van der Waals surface area contributed by atoms with Crippen LogP contribution in [0.2, 0.25) is 0 Å². The second-order valence-corrected chi connectivity index (χ2v) is 4.20. The molecule has 0 aromatic heterocycles. The first-order valence-corrected chi connectivity index (χ1v) is 6.17. The summed E-state index contributed by atoms with van der Waals surface area (Å²) in [5.41, 5.74) is 0.542. The monoisotopic (exact) mass is 281 g/mol. The normalized spacial score (nSPS) is 11.2. The fourth-order valence-corrected chi connectivity index (χ4v) is 1.66. The summed E-state index contributed by atoms with van der Waals surface area (Å²) >= 11 is 0. The fraction of sp³-hybridized carbons (Fsp3) is 0.200. The van der Waals surface area contributed by atoms with Gasteiger partial charge in [-0.1, -0.05) is 30.3 Å². The maximum absolute atomic E-state index is 12.1. The minimum Gasteiger partial charge on any atom is -0.455 e. The van der Waals surface area contributed by atoms with Crippen molar-refractivity contribution in [2.75, 3.05) is 11.9 Å². The van der Waals surface area contributed by atoms with Crippen LogP contribution >= 0.6 is 0 Å². The van der Waals surface area contributed by atoms with Gasteiger partial charge in [0.25, 0.3) is 0 Å². The van der Waals surface area contributed by atoms with Gasteiger partial charge in [0, 0.05) is 6.54 Å². The minimum atomic E-state index is -4.16. The largest absolute Gasteiger partial charge is 0.455 e. The lowest BCUT2D eigenvalue weighted by molar-refractivity contribution is -0.131. The Morgan fingerprint density at radius 3 is 2.25 bits per heavy atom. The molecule has 0 spiro atoms. The van der Waals surface area contributed by atoms with E-state index in [1.54, 1.807) is 36.4 Å². The van der Waals surface area contributed by atoms with Crippen LogP contribution in [0, 0.1) is 0 Å². The molecule has 0 fully saturated rings. The second-order valence-electron chi connectivity index (χ2n) is 4.20. The average Bonchev–Trinajstić information content (AvgIpc) is 2.40. The zero-order chi connectivity index (χ0) is 14.4. The summed E-state index contributed by atoms with van der Waals surface area (Å²) in [5, 5.41) is 2.75. The fourth-order valence-electron chi connectivity index (χ4n) is 1.66. The van der Waals surface area contributed by atoms with E-state index in [4.69, 9.17) is 4.74 Å². The van der Waals surface area contributed by atoms with Crippen molar-refractivity contribution in [2.24, 2.45) is 0 Å². The third kappa shape index (κ3) is 4.50.